The standard InChI is InChI=1S/C22H23N3O4S/c1-27-20-9-16(4-5-19(20)29-18-6-8-28-14-18)12-25(13-17-3-2-7-23-10-17)22(26)21-11-24-15-30-21/h2-5,7,9-11,15,18H,6,8,12-14H2,1H3. The van der Waals surface area contributed by atoms with Crippen molar-refractivity contribution in [3.63, 3.8) is 0 Å². The maximum atomic E-state index is 13.1. The van der Waals surface area contributed by atoms with E-state index < -0.39 is 0 Å². The van der Waals surface area contributed by atoms with Gasteiger partial charge in [-0.2, -0.15) is 0 Å². The van der Waals surface area contributed by atoms with Gasteiger partial charge >= 0.3 is 0 Å². The number of pyridine rings is 1. The number of aromatic nitrogens is 2. The predicted octanol–water partition coefficient (Wildman–Crippen LogP) is 3.56. The van der Waals surface area contributed by atoms with Crippen LogP contribution in [0.25, 0.3) is 0 Å². The van der Waals surface area contributed by atoms with E-state index in [2.05, 4.69) is 9.97 Å². The summed E-state index contributed by atoms with van der Waals surface area (Å²) in [6, 6.07) is 9.60. The highest BCUT2D eigenvalue weighted by molar-refractivity contribution is 7.11. The molecule has 2 aromatic heterocycles. The zero-order valence-electron chi connectivity index (χ0n) is 16.7. The minimum absolute atomic E-state index is 0.0414. The molecule has 1 aliphatic rings. The first-order valence-electron chi connectivity index (χ1n) is 9.71. The van der Waals surface area contributed by atoms with Gasteiger partial charge in [-0.15, -0.1) is 11.3 Å². The molecule has 0 saturated carbocycles. The van der Waals surface area contributed by atoms with E-state index in [0.29, 0.717) is 42.7 Å². The molecule has 1 atom stereocenters. The van der Waals surface area contributed by atoms with Gasteiger partial charge in [-0.1, -0.05) is 12.1 Å². The van der Waals surface area contributed by atoms with Crippen molar-refractivity contribution in [2.75, 3.05) is 20.3 Å². The van der Waals surface area contributed by atoms with Crippen LogP contribution in [0.2, 0.25) is 0 Å². The Morgan fingerprint density at radius 1 is 1.20 bits per heavy atom. The van der Waals surface area contributed by atoms with Gasteiger partial charge < -0.3 is 19.1 Å². The Labute approximate surface area is 179 Å². The van der Waals surface area contributed by atoms with Gasteiger partial charge in [-0.25, -0.2) is 0 Å². The third-order valence-electron chi connectivity index (χ3n) is 4.81. The maximum absolute atomic E-state index is 13.1. The summed E-state index contributed by atoms with van der Waals surface area (Å²) in [7, 11) is 1.62. The largest absolute Gasteiger partial charge is 0.493 e. The molecule has 3 heterocycles. The van der Waals surface area contributed by atoms with Crippen LogP contribution in [0.4, 0.5) is 0 Å². The smallest absolute Gasteiger partial charge is 0.266 e. The van der Waals surface area contributed by atoms with E-state index in [4.69, 9.17) is 14.2 Å². The Kier molecular flexibility index (Phi) is 6.56. The molecule has 30 heavy (non-hydrogen) atoms. The van der Waals surface area contributed by atoms with Crippen LogP contribution >= 0.6 is 11.3 Å². The molecule has 0 spiro atoms. The van der Waals surface area contributed by atoms with Gasteiger partial charge in [0.05, 0.1) is 32.0 Å². The molecule has 1 amide bonds. The third-order valence-corrected chi connectivity index (χ3v) is 5.57. The summed E-state index contributed by atoms with van der Waals surface area (Å²) in [6.07, 6.45) is 6.00. The van der Waals surface area contributed by atoms with E-state index in [9.17, 15) is 4.79 Å². The topological polar surface area (TPSA) is 73.8 Å². The van der Waals surface area contributed by atoms with E-state index in [1.807, 2.05) is 30.3 Å². The number of ether oxygens (including phenoxy) is 3. The van der Waals surface area contributed by atoms with Crippen LogP contribution in [-0.4, -0.2) is 47.2 Å². The first-order chi connectivity index (χ1) is 14.7. The number of carbonyl (C=O) groups excluding carboxylic acids is 1. The molecule has 7 nitrogen and oxygen atoms in total. The monoisotopic (exact) mass is 425 g/mol. The van der Waals surface area contributed by atoms with E-state index in [0.717, 1.165) is 17.5 Å². The van der Waals surface area contributed by atoms with Crippen LogP contribution in [0.15, 0.2) is 54.4 Å². The predicted molar refractivity (Wildman–Crippen MR) is 113 cm³/mol. The molecule has 0 aliphatic carbocycles. The van der Waals surface area contributed by atoms with Gasteiger partial charge in [-0.05, 0) is 29.3 Å². The molecule has 3 aromatic rings. The Hall–Kier alpha value is -2.97. The first-order valence-corrected chi connectivity index (χ1v) is 10.6. The van der Waals surface area contributed by atoms with Crippen molar-refractivity contribution < 1.29 is 19.0 Å². The summed E-state index contributed by atoms with van der Waals surface area (Å²) in [6.45, 7) is 2.18. The summed E-state index contributed by atoms with van der Waals surface area (Å²) in [5, 5.41) is 0. The first kappa shape index (κ1) is 20.3. The van der Waals surface area contributed by atoms with Crippen LogP contribution in [0, 0.1) is 0 Å². The summed E-state index contributed by atoms with van der Waals surface area (Å²) in [4.78, 5) is 23.7. The average molecular weight is 426 g/mol. The van der Waals surface area contributed by atoms with Crippen molar-refractivity contribution in [1.29, 1.82) is 0 Å². The fourth-order valence-corrected chi connectivity index (χ4v) is 3.89. The fourth-order valence-electron chi connectivity index (χ4n) is 3.30. The summed E-state index contributed by atoms with van der Waals surface area (Å²) in [5.41, 5.74) is 3.57. The Morgan fingerprint density at radius 2 is 2.10 bits per heavy atom. The molecular weight excluding hydrogens is 402 g/mol. The number of thiazole rings is 1. The molecule has 4 rings (SSSR count). The van der Waals surface area contributed by atoms with Crippen LogP contribution < -0.4 is 9.47 Å². The van der Waals surface area contributed by atoms with Crippen molar-refractivity contribution in [2.24, 2.45) is 0 Å². The lowest BCUT2D eigenvalue weighted by molar-refractivity contribution is 0.0734. The Morgan fingerprint density at radius 3 is 2.80 bits per heavy atom. The van der Waals surface area contributed by atoms with Crippen molar-refractivity contribution in [3.05, 3.63) is 70.4 Å². The SMILES string of the molecule is COc1cc(CN(Cc2cccnc2)C(=O)c2cncs2)ccc1OC1CCOC1. The van der Waals surface area contributed by atoms with E-state index in [1.54, 1.807) is 36.1 Å². The Balaban J connectivity index is 1.54. The quantitative estimate of drug-likeness (QED) is 0.549. The number of hydrogen-bond acceptors (Lipinski definition) is 7. The van der Waals surface area contributed by atoms with Gasteiger partial charge in [0, 0.05) is 31.9 Å². The second-order valence-corrected chi connectivity index (χ2v) is 7.86. The van der Waals surface area contributed by atoms with Crippen molar-refractivity contribution in [1.82, 2.24) is 14.9 Å². The molecule has 0 radical (unpaired) electrons. The van der Waals surface area contributed by atoms with Crippen LogP contribution in [0.3, 0.4) is 0 Å². The van der Waals surface area contributed by atoms with E-state index in [-0.39, 0.29) is 12.0 Å². The molecule has 1 aliphatic heterocycles. The number of carbonyl (C=O) groups is 1. The van der Waals surface area contributed by atoms with Gasteiger partial charge in [-0.3, -0.25) is 14.8 Å². The van der Waals surface area contributed by atoms with Gasteiger partial charge in [0.2, 0.25) is 0 Å². The lowest BCUT2D eigenvalue weighted by Crippen LogP contribution is -2.29. The second kappa shape index (κ2) is 9.69. The summed E-state index contributed by atoms with van der Waals surface area (Å²) >= 11 is 1.33. The zero-order valence-corrected chi connectivity index (χ0v) is 17.5. The van der Waals surface area contributed by atoms with Crippen LogP contribution in [-0.2, 0) is 17.8 Å². The number of methoxy groups -OCH3 is 1. The summed E-state index contributed by atoms with van der Waals surface area (Å²) < 4.78 is 16.9. The van der Waals surface area contributed by atoms with Gasteiger partial charge in [0.15, 0.2) is 11.5 Å². The van der Waals surface area contributed by atoms with Gasteiger partial charge in [0.1, 0.15) is 11.0 Å². The molecule has 1 unspecified atom stereocenters. The van der Waals surface area contributed by atoms with Crippen molar-refractivity contribution in [3.8, 4) is 11.5 Å². The van der Waals surface area contributed by atoms with Crippen LogP contribution in [0.1, 0.15) is 27.2 Å². The molecule has 1 saturated heterocycles. The number of benzene rings is 1. The minimum atomic E-state index is -0.0660. The number of nitrogens with zero attached hydrogens (tertiary/aromatic N) is 3. The lowest BCUT2D eigenvalue weighted by Gasteiger charge is -2.23. The van der Waals surface area contributed by atoms with Crippen molar-refractivity contribution >= 4 is 17.2 Å². The molecule has 0 bridgehead atoms. The molecule has 1 fully saturated rings. The fraction of sp³-hybridized carbons (Fsp3) is 0.318. The highest BCUT2D eigenvalue weighted by Gasteiger charge is 2.21. The lowest BCUT2D eigenvalue weighted by atomic mass is 10.1. The molecule has 156 valence electrons. The second-order valence-electron chi connectivity index (χ2n) is 6.98. The normalized spacial score (nSPS) is 15.7. The highest BCUT2D eigenvalue weighted by Crippen LogP contribution is 2.31. The minimum Gasteiger partial charge on any atom is -0.493 e. The summed E-state index contributed by atoms with van der Waals surface area (Å²) in [5.74, 6) is 1.26. The maximum Gasteiger partial charge on any atom is 0.266 e. The third kappa shape index (κ3) is 4.95. The molecule has 1 aromatic carbocycles. The molecular formula is C22H23N3O4S. The van der Waals surface area contributed by atoms with Gasteiger partial charge in [0.25, 0.3) is 5.91 Å². The average Bonchev–Trinajstić information content (AvgIpc) is 3.49. The molecule has 8 heteroatoms. The highest BCUT2D eigenvalue weighted by atomic mass is 32.1. The van der Waals surface area contributed by atoms with E-state index >= 15 is 0 Å². The zero-order chi connectivity index (χ0) is 20.8. The van der Waals surface area contributed by atoms with E-state index in [1.165, 1.54) is 11.3 Å². The number of hydrogen-bond donors (Lipinski definition) is 0. The molecule has 0 N–H and O–H groups in total. The van der Waals surface area contributed by atoms with Crippen LogP contribution in [0.5, 0.6) is 11.5 Å². The Bertz CT molecular complexity index is 960. The van der Waals surface area contributed by atoms with Crippen molar-refractivity contribution in [2.45, 2.75) is 25.6 Å². The number of amides is 1. The number of rotatable bonds is 8.